The first-order chi connectivity index (χ1) is 15.7. The zero-order chi connectivity index (χ0) is 22.1. The molecular formula is C25H30N4OS2. The van der Waals surface area contributed by atoms with Gasteiger partial charge in [0.2, 0.25) is 5.78 Å². The summed E-state index contributed by atoms with van der Waals surface area (Å²) in [5.74, 6) is 2.31. The standard InChI is InChI=1S/C25H30N4OS2/c1-3-4-5-6-10-15-31-25-27-26-24-28(18-11-8-7-9-12-18)22(30)21-19-14-13-17(2)16-20(19)32-23(21)29(24)25/h7-9,11-12,17H,3-6,10,13-16H2,1-2H3/t17-/m1/s1. The highest BCUT2D eigenvalue weighted by atomic mass is 32.2. The molecule has 0 bridgehead atoms. The van der Waals surface area contributed by atoms with Gasteiger partial charge in [0.05, 0.1) is 11.1 Å². The maximum Gasteiger partial charge on any atom is 0.268 e. The van der Waals surface area contributed by atoms with E-state index in [2.05, 4.69) is 28.4 Å². The van der Waals surface area contributed by atoms with Crippen LogP contribution in [0.15, 0.2) is 40.3 Å². The van der Waals surface area contributed by atoms with E-state index in [9.17, 15) is 4.79 Å². The van der Waals surface area contributed by atoms with Crippen molar-refractivity contribution in [1.82, 2.24) is 19.2 Å². The van der Waals surface area contributed by atoms with Gasteiger partial charge in [0.25, 0.3) is 5.56 Å². The van der Waals surface area contributed by atoms with Crippen LogP contribution in [0.2, 0.25) is 0 Å². The highest BCUT2D eigenvalue weighted by Gasteiger charge is 2.27. The fourth-order valence-corrected chi connectivity index (χ4v) is 7.16. The van der Waals surface area contributed by atoms with Gasteiger partial charge in [-0.1, -0.05) is 69.5 Å². The molecule has 0 spiro atoms. The molecule has 168 valence electrons. The third kappa shape index (κ3) is 3.90. The molecule has 1 aliphatic carbocycles. The SMILES string of the molecule is CCCCCCCSc1nnc2n(-c3ccccc3)c(=O)c3c4c(sc3n12)C[C@H](C)CC4. The lowest BCUT2D eigenvalue weighted by Gasteiger charge is -2.17. The summed E-state index contributed by atoms with van der Waals surface area (Å²) in [7, 11) is 0. The van der Waals surface area contributed by atoms with Crippen molar-refractivity contribution in [3.63, 3.8) is 0 Å². The number of unbranched alkanes of at least 4 members (excludes halogenated alkanes) is 4. The average Bonchev–Trinajstić information content (AvgIpc) is 3.38. The molecule has 0 amide bonds. The number of hydrogen-bond acceptors (Lipinski definition) is 5. The van der Waals surface area contributed by atoms with E-state index in [1.165, 1.54) is 42.5 Å². The van der Waals surface area contributed by atoms with E-state index < -0.39 is 0 Å². The van der Waals surface area contributed by atoms with Crippen molar-refractivity contribution < 1.29 is 0 Å². The zero-order valence-electron chi connectivity index (χ0n) is 18.8. The molecule has 0 saturated carbocycles. The number of para-hydroxylation sites is 1. The Balaban J connectivity index is 1.64. The molecule has 0 saturated heterocycles. The molecule has 32 heavy (non-hydrogen) atoms. The number of thiophene rings is 1. The fraction of sp³-hybridized carbons (Fsp3) is 0.480. The normalized spacial score (nSPS) is 16.1. The predicted molar refractivity (Wildman–Crippen MR) is 135 cm³/mol. The Hall–Kier alpha value is -2.12. The number of aromatic nitrogens is 4. The molecule has 0 radical (unpaired) electrons. The summed E-state index contributed by atoms with van der Waals surface area (Å²) in [5.41, 5.74) is 2.13. The van der Waals surface area contributed by atoms with Crippen LogP contribution < -0.4 is 5.56 Å². The number of aryl methyl sites for hydroxylation is 1. The monoisotopic (exact) mass is 466 g/mol. The van der Waals surface area contributed by atoms with Crippen molar-refractivity contribution >= 4 is 39.1 Å². The molecule has 1 atom stereocenters. The molecular weight excluding hydrogens is 436 g/mol. The lowest BCUT2D eigenvalue weighted by molar-refractivity contribution is 0.509. The van der Waals surface area contributed by atoms with Crippen LogP contribution in [0.5, 0.6) is 0 Å². The molecule has 4 aromatic rings. The van der Waals surface area contributed by atoms with Crippen LogP contribution in [-0.4, -0.2) is 24.9 Å². The van der Waals surface area contributed by atoms with E-state index in [1.807, 2.05) is 30.3 Å². The molecule has 7 heteroatoms. The fourth-order valence-electron chi connectivity index (χ4n) is 4.67. The molecule has 0 fully saturated rings. The van der Waals surface area contributed by atoms with Crippen LogP contribution in [0, 0.1) is 5.92 Å². The van der Waals surface area contributed by atoms with Crippen LogP contribution in [0.25, 0.3) is 21.7 Å². The van der Waals surface area contributed by atoms with E-state index >= 15 is 0 Å². The minimum Gasteiger partial charge on any atom is -0.268 e. The highest BCUT2D eigenvalue weighted by Crippen LogP contribution is 2.38. The molecule has 5 nitrogen and oxygen atoms in total. The van der Waals surface area contributed by atoms with Gasteiger partial charge in [0, 0.05) is 10.6 Å². The van der Waals surface area contributed by atoms with Crippen LogP contribution in [0.1, 0.15) is 62.8 Å². The minimum atomic E-state index is 0.0364. The van der Waals surface area contributed by atoms with Gasteiger partial charge in [-0.25, -0.2) is 8.97 Å². The molecule has 3 aromatic heterocycles. The van der Waals surface area contributed by atoms with Crippen LogP contribution in [-0.2, 0) is 12.8 Å². The highest BCUT2D eigenvalue weighted by molar-refractivity contribution is 7.99. The summed E-state index contributed by atoms with van der Waals surface area (Å²) in [5, 5.41) is 10.8. The third-order valence-corrected chi connectivity index (χ3v) is 8.68. The number of hydrogen-bond donors (Lipinski definition) is 0. The average molecular weight is 467 g/mol. The van der Waals surface area contributed by atoms with Gasteiger partial charge >= 0.3 is 0 Å². The Kier molecular flexibility index (Phi) is 6.37. The lowest BCUT2D eigenvalue weighted by atomic mass is 9.89. The summed E-state index contributed by atoms with van der Waals surface area (Å²) in [6.07, 6.45) is 9.48. The zero-order valence-corrected chi connectivity index (χ0v) is 20.5. The van der Waals surface area contributed by atoms with Crippen molar-refractivity contribution in [2.75, 3.05) is 5.75 Å². The number of nitrogens with zero attached hydrogens (tertiary/aromatic N) is 4. The molecule has 0 aliphatic heterocycles. The van der Waals surface area contributed by atoms with Crippen molar-refractivity contribution in [2.45, 2.75) is 70.4 Å². The summed E-state index contributed by atoms with van der Waals surface area (Å²) in [4.78, 5) is 16.2. The second-order valence-electron chi connectivity index (χ2n) is 8.89. The van der Waals surface area contributed by atoms with Crippen molar-refractivity contribution in [3.05, 3.63) is 51.1 Å². The van der Waals surface area contributed by atoms with Gasteiger partial charge in [0.15, 0.2) is 5.16 Å². The maximum atomic E-state index is 13.8. The van der Waals surface area contributed by atoms with Crippen LogP contribution in [0.3, 0.4) is 0 Å². The number of rotatable bonds is 8. The predicted octanol–water partition coefficient (Wildman–Crippen LogP) is 6.28. The van der Waals surface area contributed by atoms with E-state index in [4.69, 9.17) is 0 Å². The van der Waals surface area contributed by atoms with Gasteiger partial charge in [-0.05, 0) is 49.3 Å². The second kappa shape index (κ2) is 9.40. The minimum absolute atomic E-state index is 0.0364. The summed E-state index contributed by atoms with van der Waals surface area (Å²) in [6.45, 7) is 4.56. The maximum absolute atomic E-state index is 13.8. The Morgan fingerprint density at radius 3 is 2.75 bits per heavy atom. The quantitative estimate of drug-likeness (QED) is 0.226. The summed E-state index contributed by atoms with van der Waals surface area (Å²) in [6, 6.07) is 9.86. The van der Waals surface area contributed by atoms with E-state index in [-0.39, 0.29) is 5.56 Å². The second-order valence-corrected chi connectivity index (χ2v) is 11.0. The summed E-state index contributed by atoms with van der Waals surface area (Å²) < 4.78 is 3.90. The Morgan fingerprint density at radius 2 is 1.94 bits per heavy atom. The molecule has 1 aliphatic rings. The first-order valence-corrected chi connectivity index (χ1v) is 13.6. The molecule has 0 N–H and O–H groups in total. The van der Waals surface area contributed by atoms with Crippen molar-refractivity contribution in [1.29, 1.82) is 0 Å². The van der Waals surface area contributed by atoms with Gasteiger partial charge < -0.3 is 0 Å². The topological polar surface area (TPSA) is 52.2 Å². The number of benzene rings is 1. The van der Waals surface area contributed by atoms with Crippen molar-refractivity contribution in [2.24, 2.45) is 5.92 Å². The first-order valence-electron chi connectivity index (χ1n) is 11.8. The number of fused-ring (bicyclic) bond motifs is 5. The third-order valence-electron chi connectivity index (χ3n) is 6.42. The lowest BCUT2D eigenvalue weighted by Crippen LogP contribution is -2.22. The molecule has 5 rings (SSSR count). The van der Waals surface area contributed by atoms with Crippen LogP contribution >= 0.6 is 23.1 Å². The van der Waals surface area contributed by atoms with Crippen molar-refractivity contribution in [3.8, 4) is 5.69 Å². The van der Waals surface area contributed by atoms with Gasteiger partial charge in [-0.15, -0.1) is 21.5 Å². The molecule has 0 unspecified atom stereocenters. The first kappa shape index (κ1) is 21.7. The number of thioether (sulfide) groups is 1. The Morgan fingerprint density at radius 1 is 1.12 bits per heavy atom. The Labute approximate surface area is 196 Å². The van der Waals surface area contributed by atoms with Crippen LogP contribution in [0.4, 0.5) is 0 Å². The Bertz CT molecular complexity index is 1290. The molecule has 3 heterocycles. The molecule has 1 aromatic carbocycles. The summed E-state index contributed by atoms with van der Waals surface area (Å²) >= 11 is 3.54. The smallest absolute Gasteiger partial charge is 0.268 e. The van der Waals surface area contributed by atoms with E-state index in [0.29, 0.717) is 11.7 Å². The van der Waals surface area contributed by atoms with E-state index in [0.717, 1.165) is 46.1 Å². The van der Waals surface area contributed by atoms with Gasteiger partial charge in [-0.2, -0.15) is 0 Å². The van der Waals surface area contributed by atoms with E-state index in [1.54, 1.807) is 27.7 Å². The largest absolute Gasteiger partial charge is 0.268 e. The van der Waals surface area contributed by atoms with Gasteiger partial charge in [0.1, 0.15) is 4.83 Å². The van der Waals surface area contributed by atoms with Gasteiger partial charge in [-0.3, -0.25) is 4.79 Å².